The number of rotatable bonds is 4. The Hall–Kier alpha value is -0.520. The van der Waals surface area contributed by atoms with Crippen molar-refractivity contribution in [2.24, 2.45) is 5.92 Å². The third-order valence-corrected chi connectivity index (χ3v) is 3.72. The van der Waals surface area contributed by atoms with E-state index in [-0.39, 0.29) is 5.54 Å². The Morgan fingerprint density at radius 2 is 2.12 bits per heavy atom. The zero-order chi connectivity index (χ0) is 13.1. The van der Waals surface area contributed by atoms with Crippen LogP contribution >= 0.6 is 0 Å². The summed E-state index contributed by atoms with van der Waals surface area (Å²) in [6.07, 6.45) is 7.99. The van der Waals surface area contributed by atoms with Crippen LogP contribution in [0.15, 0.2) is 0 Å². The van der Waals surface area contributed by atoms with Crippen LogP contribution in [0.1, 0.15) is 47.5 Å². The Morgan fingerprint density at radius 1 is 1.47 bits per heavy atom. The van der Waals surface area contributed by atoms with E-state index in [9.17, 15) is 0 Å². The lowest BCUT2D eigenvalue weighted by Crippen LogP contribution is -2.65. The molecule has 1 aliphatic rings. The van der Waals surface area contributed by atoms with Gasteiger partial charge in [-0.05, 0) is 26.2 Å². The lowest BCUT2D eigenvalue weighted by molar-refractivity contribution is 0.0472. The SMILES string of the molecule is C#CC(CCC)N1CC(C)(C)NCC1C(C)C. The molecule has 0 saturated carbocycles. The van der Waals surface area contributed by atoms with Crippen molar-refractivity contribution in [3.63, 3.8) is 0 Å². The fraction of sp³-hybridized carbons (Fsp3) is 0.867. The summed E-state index contributed by atoms with van der Waals surface area (Å²) in [6, 6.07) is 0.865. The van der Waals surface area contributed by atoms with Crippen molar-refractivity contribution in [1.82, 2.24) is 10.2 Å². The van der Waals surface area contributed by atoms with Crippen LogP contribution in [0.5, 0.6) is 0 Å². The highest BCUT2D eigenvalue weighted by atomic mass is 15.3. The van der Waals surface area contributed by atoms with Crippen LogP contribution in [-0.2, 0) is 0 Å². The summed E-state index contributed by atoms with van der Waals surface area (Å²) in [5, 5.41) is 3.63. The molecule has 0 aromatic carbocycles. The van der Waals surface area contributed by atoms with E-state index in [0.717, 1.165) is 25.9 Å². The molecular formula is C15H28N2. The standard InChI is InChI=1S/C15H28N2/c1-7-9-13(8-2)17-11-15(5,6)16-10-14(17)12(3)4/h2,12-14,16H,7,9-11H2,1,3-6H3. The molecule has 1 N–H and O–H groups in total. The Bertz CT molecular complexity index is 275. The Balaban J connectivity index is 2.83. The molecule has 0 amide bonds. The highest BCUT2D eigenvalue weighted by molar-refractivity contribution is 5.06. The van der Waals surface area contributed by atoms with Gasteiger partial charge in [0.2, 0.25) is 0 Å². The van der Waals surface area contributed by atoms with Gasteiger partial charge in [0.05, 0.1) is 6.04 Å². The number of hydrogen-bond donors (Lipinski definition) is 1. The van der Waals surface area contributed by atoms with Gasteiger partial charge in [0.25, 0.3) is 0 Å². The van der Waals surface area contributed by atoms with E-state index in [2.05, 4.69) is 50.8 Å². The molecule has 1 fully saturated rings. The van der Waals surface area contributed by atoms with Gasteiger partial charge in [-0.25, -0.2) is 0 Å². The summed E-state index contributed by atoms with van der Waals surface area (Å²) in [5.74, 6) is 3.64. The van der Waals surface area contributed by atoms with Crippen molar-refractivity contribution in [3.8, 4) is 12.3 Å². The number of hydrogen-bond acceptors (Lipinski definition) is 2. The zero-order valence-electron chi connectivity index (χ0n) is 12.1. The number of piperazine rings is 1. The summed E-state index contributed by atoms with van der Waals surface area (Å²) in [6.45, 7) is 13.4. The minimum Gasteiger partial charge on any atom is -0.309 e. The molecule has 2 atom stereocenters. The first-order valence-electron chi connectivity index (χ1n) is 6.88. The van der Waals surface area contributed by atoms with Crippen LogP contribution in [-0.4, -0.2) is 35.6 Å². The first kappa shape index (κ1) is 14.5. The molecule has 2 unspecified atom stereocenters. The summed E-state index contributed by atoms with van der Waals surface area (Å²) in [4.78, 5) is 2.55. The quantitative estimate of drug-likeness (QED) is 0.755. The van der Waals surface area contributed by atoms with Gasteiger partial charge in [0.15, 0.2) is 0 Å². The van der Waals surface area contributed by atoms with Gasteiger partial charge < -0.3 is 5.32 Å². The molecule has 1 aliphatic heterocycles. The number of nitrogens with zero attached hydrogens (tertiary/aromatic N) is 1. The Labute approximate surface area is 107 Å². The highest BCUT2D eigenvalue weighted by Gasteiger charge is 2.36. The minimum absolute atomic E-state index is 0.175. The Morgan fingerprint density at radius 3 is 2.59 bits per heavy atom. The largest absolute Gasteiger partial charge is 0.309 e. The Kier molecular flexibility index (Phi) is 5.04. The highest BCUT2D eigenvalue weighted by Crippen LogP contribution is 2.24. The maximum absolute atomic E-state index is 5.73. The smallest absolute Gasteiger partial charge is 0.0715 e. The summed E-state index contributed by atoms with van der Waals surface area (Å²) in [5.41, 5.74) is 0.175. The molecule has 2 heteroatoms. The van der Waals surface area contributed by atoms with Crippen LogP contribution < -0.4 is 5.32 Å². The van der Waals surface area contributed by atoms with Crippen LogP contribution in [0.3, 0.4) is 0 Å². The fourth-order valence-corrected chi connectivity index (χ4v) is 2.71. The maximum atomic E-state index is 5.73. The van der Waals surface area contributed by atoms with Crippen molar-refractivity contribution in [2.75, 3.05) is 13.1 Å². The molecule has 0 radical (unpaired) electrons. The van der Waals surface area contributed by atoms with Gasteiger partial charge in [-0.3, -0.25) is 4.90 Å². The summed E-state index contributed by atoms with van der Waals surface area (Å²) >= 11 is 0. The predicted octanol–water partition coefficient (Wildman–Crippen LogP) is 2.50. The molecule has 0 aromatic heterocycles. The first-order chi connectivity index (χ1) is 7.91. The van der Waals surface area contributed by atoms with Crippen LogP contribution in [0.4, 0.5) is 0 Å². The number of nitrogens with one attached hydrogen (secondary N) is 1. The van der Waals surface area contributed by atoms with Crippen molar-refractivity contribution in [2.45, 2.75) is 65.1 Å². The van der Waals surface area contributed by atoms with Gasteiger partial charge in [-0.15, -0.1) is 6.42 Å². The monoisotopic (exact) mass is 236 g/mol. The molecule has 1 rings (SSSR count). The van der Waals surface area contributed by atoms with Crippen molar-refractivity contribution in [1.29, 1.82) is 0 Å². The van der Waals surface area contributed by atoms with E-state index in [1.165, 1.54) is 0 Å². The normalized spacial score (nSPS) is 26.8. The fourth-order valence-electron chi connectivity index (χ4n) is 2.71. The zero-order valence-corrected chi connectivity index (χ0v) is 12.1. The van der Waals surface area contributed by atoms with E-state index >= 15 is 0 Å². The van der Waals surface area contributed by atoms with E-state index in [1.54, 1.807) is 0 Å². The third-order valence-electron chi connectivity index (χ3n) is 3.72. The van der Waals surface area contributed by atoms with Crippen LogP contribution in [0, 0.1) is 18.3 Å². The second-order valence-corrected chi connectivity index (χ2v) is 6.22. The average molecular weight is 236 g/mol. The molecule has 17 heavy (non-hydrogen) atoms. The van der Waals surface area contributed by atoms with E-state index in [4.69, 9.17) is 6.42 Å². The molecule has 2 nitrogen and oxygen atoms in total. The van der Waals surface area contributed by atoms with E-state index in [0.29, 0.717) is 18.0 Å². The molecule has 1 saturated heterocycles. The van der Waals surface area contributed by atoms with Crippen molar-refractivity contribution >= 4 is 0 Å². The lowest BCUT2D eigenvalue weighted by Gasteiger charge is -2.48. The van der Waals surface area contributed by atoms with Gasteiger partial charge in [-0.2, -0.15) is 0 Å². The lowest BCUT2D eigenvalue weighted by atomic mass is 9.91. The molecular weight excluding hydrogens is 208 g/mol. The predicted molar refractivity (Wildman–Crippen MR) is 74.9 cm³/mol. The van der Waals surface area contributed by atoms with E-state index < -0.39 is 0 Å². The summed E-state index contributed by atoms with van der Waals surface area (Å²) < 4.78 is 0. The molecule has 0 aromatic rings. The first-order valence-corrected chi connectivity index (χ1v) is 6.88. The second kappa shape index (κ2) is 5.89. The van der Waals surface area contributed by atoms with Gasteiger partial charge in [0.1, 0.15) is 0 Å². The maximum Gasteiger partial charge on any atom is 0.0715 e. The molecule has 0 bridgehead atoms. The molecule has 1 heterocycles. The van der Waals surface area contributed by atoms with Gasteiger partial charge >= 0.3 is 0 Å². The molecule has 0 spiro atoms. The van der Waals surface area contributed by atoms with Gasteiger partial charge in [0, 0.05) is 24.7 Å². The molecule has 0 aliphatic carbocycles. The third kappa shape index (κ3) is 3.72. The summed E-state index contributed by atoms with van der Waals surface area (Å²) in [7, 11) is 0. The topological polar surface area (TPSA) is 15.3 Å². The van der Waals surface area contributed by atoms with Crippen LogP contribution in [0.25, 0.3) is 0 Å². The van der Waals surface area contributed by atoms with Crippen molar-refractivity contribution in [3.05, 3.63) is 0 Å². The van der Waals surface area contributed by atoms with Gasteiger partial charge in [-0.1, -0.05) is 33.1 Å². The average Bonchev–Trinajstić information content (AvgIpc) is 2.24. The van der Waals surface area contributed by atoms with Crippen molar-refractivity contribution < 1.29 is 0 Å². The minimum atomic E-state index is 0.175. The van der Waals surface area contributed by atoms with E-state index in [1.807, 2.05) is 0 Å². The van der Waals surface area contributed by atoms with Crippen LogP contribution in [0.2, 0.25) is 0 Å². The number of terminal acetylenes is 1. The second-order valence-electron chi connectivity index (χ2n) is 6.22. The molecule has 98 valence electrons.